The van der Waals surface area contributed by atoms with E-state index in [9.17, 15) is 4.79 Å². The molecule has 0 amide bonds. The highest BCUT2D eigenvalue weighted by Gasteiger charge is 2.18. The maximum atomic E-state index is 13.8. The van der Waals surface area contributed by atoms with Crippen LogP contribution in [-0.2, 0) is 6.61 Å². The Labute approximate surface area is 265 Å². The minimum absolute atomic E-state index is 0.198. The summed E-state index contributed by atoms with van der Waals surface area (Å²) in [7, 11) is 0. The van der Waals surface area contributed by atoms with Gasteiger partial charge in [0.15, 0.2) is 5.82 Å². The minimum Gasteiger partial charge on any atom is -0.494 e. The minimum atomic E-state index is -0.276. The van der Waals surface area contributed by atoms with Gasteiger partial charge < -0.3 is 9.47 Å². The molecular formula is C34H30Cl3N3O3. The van der Waals surface area contributed by atoms with E-state index in [0.717, 1.165) is 28.0 Å². The lowest BCUT2D eigenvalue weighted by Crippen LogP contribution is -2.20. The monoisotopic (exact) mass is 633 g/mol. The van der Waals surface area contributed by atoms with Crippen molar-refractivity contribution in [1.29, 1.82) is 0 Å². The molecule has 5 rings (SSSR count). The average molecular weight is 635 g/mol. The maximum Gasteiger partial charge on any atom is 0.282 e. The number of benzene rings is 4. The first kappa shape index (κ1) is 30.6. The predicted octanol–water partition coefficient (Wildman–Crippen LogP) is 9.32. The normalized spacial score (nSPS) is 11.5. The summed E-state index contributed by atoms with van der Waals surface area (Å²) in [5, 5.41) is 6.55. The fourth-order valence-electron chi connectivity index (χ4n) is 4.71. The van der Waals surface area contributed by atoms with Gasteiger partial charge in [0, 0.05) is 21.2 Å². The molecule has 4 aromatic carbocycles. The largest absolute Gasteiger partial charge is 0.494 e. The molecule has 0 saturated carbocycles. The van der Waals surface area contributed by atoms with E-state index in [0.29, 0.717) is 49.7 Å². The number of para-hydroxylation sites is 1. The highest BCUT2D eigenvalue weighted by atomic mass is 35.5. The number of hydrogen-bond donors (Lipinski definition) is 0. The lowest BCUT2D eigenvalue weighted by Gasteiger charge is -2.18. The topological polar surface area (TPSA) is 65.7 Å². The molecule has 1 heterocycles. The quantitative estimate of drug-likeness (QED) is 0.152. The molecule has 0 radical (unpaired) electrons. The maximum absolute atomic E-state index is 13.8. The van der Waals surface area contributed by atoms with E-state index in [1.54, 1.807) is 36.5 Å². The molecule has 0 fully saturated rings. The second kappa shape index (κ2) is 13.2. The highest BCUT2D eigenvalue weighted by molar-refractivity contribution is 6.35. The van der Waals surface area contributed by atoms with Crippen LogP contribution in [0, 0.1) is 6.92 Å². The summed E-state index contributed by atoms with van der Waals surface area (Å²) in [5.74, 6) is 1.95. The molecule has 6 nitrogen and oxygen atoms in total. The van der Waals surface area contributed by atoms with Crippen LogP contribution in [0.15, 0.2) is 82.7 Å². The summed E-state index contributed by atoms with van der Waals surface area (Å²) in [6.07, 6.45) is 1.58. The van der Waals surface area contributed by atoms with Crippen LogP contribution in [0.5, 0.6) is 11.5 Å². The molecule has 0 saturated heterocycles. The molecule has 0 aliphatic heterocycles. The Kier molecular flexibility index (Phi) is 9.40. The van der Waals surface area contributed by atoms with E-state index in [4.69, 9.17) is 49.3 Å². The summed E-state index contributed by atoms with van der Waals surface area (Å²) in [4.78, 5) is 18.6. The molecule has 0 spiro atoms. The fourth-order valence-corrected chi connectivity index (χ4v) is 5.42. The summed E-state index contributed by atoms with van der Waals surface area (Å²) in [6, 6.07) is 21.8. The Bertz CT molecular complexity index is 1900. The first-order valence-electron chi connectivity index (χ1n) is 13.9. The summed E-state index contributed by atoms with van der Waals surface area (Å²) >= 11 is 18.8. The average Bonchev–Trinajstić information content (AvgIpc) is 2.97. The standard InChI is InChI=1S/C34H30Cl3N3O3/c1-5-42-32-14-21(4)27(17-26(32)20(2)3)33-39-30-9-7-6-8-25(30)34(41)40(33)38-18-22-10-13-31(29(37)15-22)43-19-23-11-12-24(35)16-28(23)36/h6-18,20H,5,19H2,1-4H3. The van der Waals surface area contributed by atoms with Gasteiger partial charge in [-0.25, -0.2) is 4.98 Å². The van der Waals surface area contributed by atoms with Crippen LogP contribution >= 0.6 is 34.8 Å². The first-order valence-corrected chi connectivity index (χ1v) is 15.0. The zero-order valence-corrected chi connectivity index (χ0v) is 26.5. The third kappa shape index (κ3) is 6.72. The van der Waals surface area contributed by atoms with E-state index in [2.05, 4.69) is 18.9 Å². The molecule has 5 aromatic rings. The van der Waals surface area contributed by atoms with Crippen LogP contribution in [0.4, 0.5) is 0 Å². The van der Waals surface area contributed by atoms with Crippen molar-refractivity contribution < 1.29 is 9.47 Å². The molecule has 43 heavy (non-hydrogen) atoms. The van der Waals surface area contributed by atoms with E-state index in [1.165, 1.54) is 4.68 Å². The number of halogens is 3. The van der Waals surface area contributed by atoms with Crippen LogP contribution in [0.1, 0.15) is 48.9 Å². The van der Waals surface area contributed by atoms with E-state index < -0.39 is 0 Å². The van der Waals surface area contributed by atoms with Gasteiger partial charge in [-0.3, -0.25) is 4.79 Å². The van der Waals surface area contributed by atoms with Gasteiger partial charge in [0.2, 0.25) is 0 Å². The zero-order chi connectivity index (χ0) is 30.7. The SMILES string of the molecule is CCOc1cc(C)c(-c2nc3ccccc3c(=O)n2N=Cc2ccc(OCc3ccc(Cl)cc3Cl)c(Cl)c2)cc1C(C)C. The Morgan fingerprint density at radius 2 is 1.72 bits per heavy atom. The molecule has 0 unspecified atom stereocenters. The number of ether oxygens (including phenoxy) is 2. The van der Waals surface area contributed by atoms with Crippen LogP contribution in [0.25, 0.3) is 22.3 Å². The van der Waals surface area contributed by atoms with Crippen molar-refractivity contribution in [3.63, 3.8) is 0 Å². The van der Waals surface area contributed by atoms with Gasteiger partial charge in [-0.05, 0) is 91.1 Å². The number of nitrogens with zero attached hydrogens (tertiary/aromatic N) is 3. The summed E-state index contributed by atoms with van der Waals surface area (Å²) < 4.78 is 13.2. The van der Waals surface area contributed by atoms with Crippen LogP contribution in [-0.4, -0.2) is 22.5 Å². The van der Waals surface area contributed by atoms with Crippen LogP contribution < -0.4 is 15.0 Å². The van der Waals surface area contributed by atoms with Gasteiger partial charge >= 0.3 is 0 Å². The third-order valence-electron chi connectivity index (χ3n) is 6.95. The number of rotatable bonds is 9. The van der Waals surface area contributed by atoms with E-state index in [1.807, 2.05) is 56.3 Å². The van der Waals surface area contributed by atoms with Crippen LogP contribution in [0.2, 0.25) is 15.1 Å². The Morgan fingerprint density at radius 3 is 2.44 bits per heavy atom. The number of fused-ring (bicyclic) bond motifs is 1. The second-order valence-electron chi connectivity index (χ2n) is 10.3. The molecule has 0 aliphatic rings. The fraction of sp³-hybridized carbons (Fsp3) is 0.206. The molecule has 9 heteroatoms. The Hall–Kier alpha value is -3.84. The van der Waals surface area contributed by atoms with Crippen LogP contribution in [0.3, 0.4) is 0 Å². The number of aryl methyl sites for hydroxylation is 1. The predicted molar refractivity (Wildman–Crippen MR) is 177 cm³/mol. The zero-order valence-electron chi connectivity index (χ0n) is 24.2. The van der Waals surface area contributed by atoms with Gasteiger partial charge in [0.1, 0.15) is 18.1 Å². The van der Waals surface area contributed by atoms with Crippen molar-refractivity contribution in [3.8, 4) is 22.9 Å². The van der Waals surface area contributed by atoms with E-state index >= 15 is 0 Å². The second-order valence-corrected chi connectivity index (χ2v) is 11.6. The lowest BCUT2D eigenvalue weighted by atomic mass is 9.96. The van der Waals surface area contributed by atoms with Gasteiger partial charge in [0.25, 0.3) is 5.56 Å². The summed E-state index contributed by atoms with van der Waals surface area (Å²) in [5.41, 5.74) is 4.54. The third-order valence-corrected chi connectivity index (χ3v) is 7.83. The first-order chi connectivity index (χ1) is 20.7. The van der Waals surface area contributed by atoms with Crippen molar-refractivity contribution in [3.05, 3.63) is 120 Å². The van der Waals surface area contributed by atoms with Gasteiger partial charge in [-0.1, -0.05) is 66.8 Å². The molecule has 0 N–H and O–H groups in total. The van der Waals surface area contributed by atoms with E-state index in [-0.39, 0.29) is 18.1 Å². The molecule has 1 aromatic heterocycles. The molecular weight excluding hydrogens is 605 g/mol. The molecule has 0 bridgehead atoms. The smallest absolute Gasteiger partial charge is 0.282 e. The van der Waals surface area contributed by atoms with Crippen molar-refractivity contribution in [1.82, 2.24) is 9.66 Å². The number of hydrogen-bond acceptors (Lipinski definition) is 5. The van der Waals surface area contributed by atoms with Crippen molar-refractivity contribution in [2.24, 2.45) is 5.10 Å². The number of aromatic nitrogens is 2. The van der Waals surface area contributed by atoms with Gasteiger partial charge in [0.05, 0.1) is 28.7 Å². The van der Waals surface area contributed by atoms with Gasteiger partial charge in [-0.2, -0.15) is 9.78 Å². The molecule has 0 aliphatic carbocycles. The summed E-state index contributed by atoms with van der Waals surface area (Å²) in [6.45, 7) is 8.94. The lowest BCUT2D eigenvalue weighted by molar-refractivity contribution is 0.306. The molecule has 220 valence electrons. The Balaban J connectivity index is 1.53. The Morgan fingerprint density at radius 1 is 0.930 bits per heavy atom. The van der Waals surface area contributed by atoms with Crippen molar-refractivity contribution >= 4 is 51.9 Å². The van der Waals surface area contributed by atoms with Crippen molar-refractivity contribution in [2.75, 3.05) is 6.61 Å². The van der Waals surface area contributed by atoms with Crippen molar-refractivity contribution in [2.45, 2.75) is 40.2 Å². The molecule has 0 atom stereocenters. The van der Waals surface area contributed by atoms with Gasteiger partial charge in [-0.15, -0.1) is 0 Å². The highest BCUT2D eigenvalue weighted by Crippen LogP contribution is 2.34.